The summed E-state index contributed by atoms with van der Waals surface area (Å²) in [7, 11) is 1.44. The molecule has 5 nitrogen and oxygen atoms in total. The zero-order chi connectivity index (χ0) is 14.1. The minimum absolute atomic E-state index is 0.408. The van der Waals surface area contributed by atoms with E-state index in [1.54, 1.807) is 29.4 Å². The van der Waals surface area contributed by atoms with Gasteiger partial charge in [-0.05, 0) is 19.1 Å². The van der Waals surface area contributed by atoms with Crippen molar-refractivity contribution in [1.82, 2.24) is 15.0 Å². The zero-order valence-electron chi connectivity index (χ0n) is 11.4. The fourth-order valence-corrected chi connectivity index (χ4v) is 5.22. The Morgan fingerprint density at radius 2 is 2.15 bits per heavy atom. The molecule has 8 heteroatoms. The van der Waals surface area contributed by atoms with E-state index in [1.165, 1.54) is 0 Å². The van der Waals surface area contributed by atoms with Gasteiger partial charge in [-0.2, -0.15) is 0 Å². The Hall–Kier alpha value is -0.730. The molecule has 2 aromatic rings. The number of fused-ring (bicyclic) bond motifs is 1. The average Bonchev–Trinajstić information content (AvgIpc) is 2.90. The molecule has 0 atom stereocenters. The standard InChI is InChI=1S/C12H16N4OS3/c1-16(8-3-5-20(17)6-4-8)11-9-10(13-7-14-11)15-12(18-2)19-9/h7-8H,3-6H2,1-2H3. The van der Waals surface area contributed by atoms with Crippen LogP contribution >= 0.6 is 23.1 Å². The van der Waals surface area contributed by atoms with Gasteiger partial charge in [0, 0.05) is 35.4 Å². The molecule has 2 aromatic heterocycles. The second kappa shape index (κ2) is 5.95. The second-order valence-corrected chi connectivity index (χ2v) is 8.47. The van der Waals surface area contributed by atoms with Crippen LogP contribution in [0.25, 0.3) is 10.3 Å². The summed E-state index contributed by atoms with van der Waals surface area (Å²) >= 11 is 3.27. The number of anilines is 1. The topological polar surface area (TPSA) is 59.0 Å². The molecule has 0 N–H and O–H groups in total. The molecule has 3 heterocycles. The molecular weight excluding hydrogens is 312 g/mol. The molecule has 1 aliphatic rings. The minimum Gasteiger partial charge on any atom is -0.355 e. The third-order valence-electron chi connectivity index (χ3n) is 3.57. The first-order valence-electron chi connectivity index (χ1n) is 6.42. The number of thioether (sulfide) groups is 1. The van der Waals surface area contributed by atoms with Crippen molar-refractivity contribution in [2.45, 2.75) is 23.2 Å². The summed E-state index contributed by atoms with van der Waals surface area (Å²) in [5.74, 6) is 2.54. The lowest BCUT2D eigenvalue weighted by molar-refractivity contribution is 0.567. The van der Waals surface area contributed by atoms with Gasteiger partial charge < -0.3 is 4.90 Å². The lowest BCUT2D eigenvalue weighted by Gasteiger charge is -2.31. The minimum atomic E-state index is -0.631. The van der Waals surface area contributed by atoms with Gasteiger partial charge in [-0.15, -0.1) is 11.3 Å². The molecule has 1 saturated heterocycles. The van der Waals surface area contributed by atoms with Gasteiger partial charge in [0.1, 0.15) is 11.0 Å². The fourth-order valence-electron chi connectivity index (χ4n) is 2.40. The third kappa shape index (κ3) is 2.68. The van der Waals surface area contributed by atoms with Crippen LogP contribution in [0.2, 0.25) is 0 Å². The Morgan fingerprint density at radius 3 is 2.85 bits per heavy atom. The molecule has 0 amide bonds. The lowest BCUT2D eigenvalue weighted by Crippen LogP contribution is -2.37. The van der Waals surface area contributed by atoms with Gasteiger partial charge in [0.2, 0.25) is 0 Å². The van der Waals surface area contributed by atoms with E-state index in [-0.39, 0.29) is 0 Å². The Morgan fingerprint density at radius 1 is 1.40 bits per heavy atom. The van der Waals surface area contributed by atoms with Gasteiger partial charge in [-0.3, -0.25) is 4.21 Å². The first-order valence-corrected chi connectivity index (χ1v) is 9.95. The molecule has 20 heavy (non-hydrogen) atoms. The maximum absolute atomic E-state index is 11.5. The predicted octanol–water partition coefficient (Wildman–Crippen LogP) is 2.16. The van der Waals surface area contributed by atoms with Crippen molar-refractivity contribution in [3.05, 3.63) is 6.33 Å². The third-order valence-corrected chi connectivity index (χ3v) is 6.97. The van der Waals surface area contributed by atoms with Crippen LogP contribution in [0.15, 0.2) is 10.7 Å². The first kappa shape index (κ1) is 14.2. The van der Waals surface area contributed by atoms with E-state index in [0.29, 0.717) is 6.04 Å². The van der Waals surface area contributed by atoms with E-state index in [0.717, 1.165) is 44.9 Å². The van der Waals surface area contributed by atoms with E-state index in [2.05, 4.69) is 26.9 Å². The summed E-state index contributed by atoms with van der Waals surface area (Å²) in [6.45, 7) is 0. The van der Waals surface area contributed by atoms with Crippen LogP contribution in [0.3, 0.4) is 0 Å². The molecule has 1 aliphatic heterocycles. The molecular formula is C12H16N4OS3. The van der Waals surface area contributed by atoms with E-state index in [4.69, 9.17) is 0 Å². The highest BCUT2D eigenvalue weighted by Crippen LogP contribution is 2.33. The highest BCUT2D eigenvalue weighted by atomic mass is 32.2. The SMILES string of the molecule is CSc1nc2ncnc(N(C)C3CCS(=O)CC3)c2s1. The van der Waals surface area contributed by atoms with Crippen LogP contribution in [0.1, 0.15) is 12.8 Å². The van der Waals surface area contributed by atoms with Crippen molar-refractivity contribution in [2.24, 2.45) is 0 Å². The van der Waals surface area contributed by atoms with Crippen LogP contribution in [0, 0.1) is 0 Å². The second-order valence-electron chi connectivity index (χ2n) is 4.72. The van der Waals surface area contributed by atoms with Crippen molar-refractivity contribution < 1.29 is 4.21 Å². The molecule has 0 bridgehead atoms. The van der Waals surface area contributed by atoms with Gasteiger partial charge in [0.25, 0.3) is 0 Å². The summed E-state index contributed by atoms with van der Waals surface area (Å²) in [5.41, 5.74) is 0.774. The largest absolute Gasteiger partial charge is 0.355 e. The molecule has 0 aliphatic carbocycles. The van der Waals surface area contributed by atoms with Crippen molar-refractivity contribution in [3.63, 3.8) is 0 Å². The maximum atomic E-state index is 11.5. The fraction of sp³-hybridized carbons (Fsp3) is 0.583. The Bertz CT molecular complexity index is 635. The molecule has 108 valence electrons. The molecule has 0 saturated carbocycles. The van der Waals surface area contributed by atoms with Crippen LogP contribution in [0.5, 0.6) is 0 Å². The normalized spacial score (nSPS) is 23.1. The molecule has 0 spiro atoms. The van der Waals surface area contributed by atoms with Gasteiger partial charge in [0.15, 0.2) is 15.8 Å². The molecule has 0 aromatic carbocycles. The molecule has 3 rings (SSSR count). The van der Waals surface area contributed by atoms with Gasteiger partial charge in [-0.25, -0.2) is 15.0 Å². The van der Waals surface area contributed by atoms with Crippen molar-refractivity contribution in [1.29, 1.82) is 0 Å². The molecule has 1 fully saturated rings. The van der Waals surface area contributed by atoms with E-state index < -0.39 is 10.8 Å². The van der Waals surface area contributed by atoms with Gasteiger partial charge in [-0.1, -0.05) is 11.8 Å². The quantitative estimate of drug-likeness (QED) is 0.805. The van der Waals surface area contributed by atoms with Crippen molar-refractivity contribution >= 4 is 50.1 Å². The summed E-state index contributed by atoms with van der Waals surface area (Å²) in [6, 6.07) is 0.408. The summed E-state index contributed by atoms with van der Waals surface area (Å²) in [6.07, 6.45) is 5.52. The summed E-state index contributed by atoms with van der Waals surface area (Å²) in [4.78, 5) is 15.4. The summed E-state index contributed by atoms with van der Waals surface area (Å²) < 4.78 is 13.5. The van der Waals surface area contributed by atoms with Crippen LogP contribution < -0.4 is 4.90 Å². The number of thiazole rings is 1. The average molecular weight is 328 g/mol. The monoisotopic (exact) mass is 328 g/mol. The van der Waals surface area contributed by atoms with Crippen LogP contribution in [0.4, 0.5) is 5.82 Å². The zero-order valence-corrected chi connectivity index (χ0v) is 13.9. The van der Waals surface area contributed by atoms with E-state index >= 15 is 0 Å². The van der Waals surface area contributed by atoms with E-state index in [1.807, 2.05) is 6.26 Å². The highest BCUT2D eigenvalue weighted by Gasteiger charge is 2.24. The number of aromatic nitrogens is 3. The summed E-state index contributed by atoms with van der Waals surface area (Å²) in [5, 5.41) is 0. The lowest BCUT2D eigenvalue weighted by atomic mass is 10.1. The van der Waals surface area contributed by atoms with Crippen LogP contribution in [-0.4, -0.2) is 50.0 Å². The van der Waals surface area contributed by atoms with Crippen LogP contribution in [-0.2, 0) is 10.8 Å². The maximum Gasteiger partial charge on any atom is 0.176 e. The number of rotatable bonds is 3. The first-order chi connectivity index (χ1) is 9.69. The Labute approximate surface area is 128 Å². The van der Waals surface area contributed by atoms with Gasteiger partial charge >= 0.3 is 0 Å². The predicted molar refractivity (Wildman–Crippen MR) is 86.3 cm³/mol. The Kier molecular flexibility index (Phi) is 4.23. The molecule has 0 radical (unpaired) electrons. The molecule has 0 unspecified atom stereocenters. The number of nitrogens with zero attached hydrogens (tertiary/aromatic N) is 4. The number of hydrogen-bond donors (Lipinski definition) is 0. The van der Waals surface area contributed by atoms with Gasteiger partial charge in [0.05, 0.1) is 0 Å². The van der Waals surface area contributed by atoms with E-state index in [9.17, 15) is 4.21 Å². The highest BCUT2D eigenvalue weighted by molar-refractivity contribution is 8.00. The van der Waals surface area contributed by atoms with Crippen molar-refractivity contribution in [3.8, 4) is 0 Å². The van der Waals surface area contributed by atoms with Crippen molar-refractivity contribution in [2.75, 3.05) is 29.7 Å². The smallest absolute Gasteiger partial charge is 0.176 e. The Balaban J connectivity index is 1.92. The number of hydrogen-bond acceptors (Lipinski definition) is 7.